The molecule has 1 heterocycles. The fourth-order valence-corrected chi connectivity index (χ4v) is 2.01. The summed E-state index contributed by atoms with van der Waals surface area (Å²) in [5, 5.41) is 15.4. The Morgan fingerprint density at radius 3 is 2.36 bits per heavy atom. The molecular formula is C17H12N2O3. The molecule has 0 aliphatic heterocycles. The highest BCUT2D eigenvalue weighted by Gasteiger charge is 2.25. The number of hydrogen-bond donors (Lipinski definition) is 0. The van der Waals surface area contributed by atoms with E-state index in [-0.39, 0.29) is 5.69 Å². The van der Waals surface area contributed by atoms with Gasteiger partial charge in [-0.2, -0.15) is 0 Å². The van der Waals surface area contributed by atoms with Crippen LogP contribution in [0.25, 0.3) is 11.8 Å². The first-order valence-corrected chi connectivity index (χ1v) is 6.67. The summed E-state index contributed by atoms with van der Waals surface area (Å²) in [6.07, 6.45) is 2.98. The number of hydrogen-bond acceptors (Lipinski definition) is 4. The van der Waals surface area contributed by atoms with Crippen LogP contribution in [0.2, 0.25) is 0 Å². The third kappa shape index (κ3) is 2.78. The molecule has 0 spiro atoms. The number of carbonyl (C=O) groups is 1. The number of aromatic nitrogens is 2. The van der Waals surface area contributed by atoms with Crippen LogP contribution >= 0.6 is 0 Å². The minimum absolute atomic E-state index is 0.126. The van der Waals surface area contributed by atoms with Crippen molar-refractivity contribution in [2.45, 2.75) is 0 Å². The predicted octanol–water partition coefficient (Wildman–Crippen LogP) is 1.92. The SMILES string of the molecule is O=C(/C=C/c1ccccc1)c1c([O-])on[n+]1-c1ccccc1. The van der Waals surface area contributed by atoms with Crippen LogP contribution in [0.15, 0.2) is 71.3 Å². The molecule has 22 heavy (non-hydrogen) atoms. The number of nitrogens with zero attached hydrogens (tertiary/aromatic N) is 2. The van der Waals surface area contributed by atoms with Gasteiger partial charge in [0.05, 0.1) is 5.27 Å². The highest BCUT2D eigenvalue weighted by molar-refractivity contribution is 6.05. The van der Waals surface area contributed by atoms with E-state index in [9.17, 15) is 9.90 Å². The van der Waals surface area contributed by atoms with E-state index in [0.29, 0.717) is 5.69 Å². The summed E-state index contributed by atoms with van der Waals surface area (Å²) in [7, 11) is 0. The van der Waals surface area contributed by atoms with Crippen LogP contribution in [0.5, 0.6) is 5.95 Å². The second-order valence-corrected chi connectivity index (χ2v) is 4.56. The topological polar surface area (TPSA) is 70.0 Å². The Morgan fingerprint density at radius 1 is 1.05 bits per heavy atom. The van der Waals surface area contributed by atoms with Crippen molar-refractivity contribution in [2.75, 3.05) is 0 Å². The summed E-state index contributed by atoms with van der Waals surface area (Å²) in [4.78, 5) is 12.3. The fraction of sp³-hybridized carbons (Fsp3) is 0. The van der Waals surface area contributed by atoms with Gasteiger partial charge in [0.2, 0.25) is 5.69 Å². The minimum atomic E-state index is -0.758. The molecular weight excluding hydrogens is 280 g/mol. The van der Waals surface area contributed by atoms with Crippen molar-refractivity contribution in [3.8, 4) is 11.6 Å². The van der Waals surface area contributed by atoms with Crippen molar-refractivity contribution >= 4 is 11.9 Å². The van der Waals surface area contributed by atoms with Gasteiger partial charge in [-0.1, -0.05) is 54.6 Å². The van der Waals surface area contributed by atoms with Crippen LogP contribution in [0.1, 0.15) is 16.1 Å². The van der Waals surface area contributed by atoms with E-state index in [4.69, 9.17) is 0 Å². The zero-order chi connectivity index (χ0) is 15.4. The monoisotopic (exact) mass is 292 g/mol. The molecule has 2 aromatic carbocycles. The number of rotatable bonds is 4. The third-order valence-electron chi connectivity index (χ3n) is 3.07. The molecule has 0 atom stereocenters. The van der Waals surface area contributed by atoms with Gasteiger partial charge in [0, 0.05) is 12.1 Å². The van der Waals surface area contributed by atoms with E-state index >= 15 is 0 Å². The van der Waals surface area contributed by atoms with Gasteiger partial charge in [-0.05, 0) is 16.3 Å². The van der Waals surface area contributed by atoms with Gasteiger partial charge < -0.3 is 9.63 Å². The molecule has 0 N–H and O–H groups in total. The van der Waals surface area contributed by atoms with Crippen molar-refractivity contribution in [3.63, 3.8) is 0 Å². The normalized spacial score (nSPS) is 10.9. The van der Waals surface area contributed by atoms with Crippen LogP contribution in [-0.4, -0.2) is 11.1 Å². The van der Waals surface area contributed by atoms with Crippen LogP contribution in [0.3, 0.4) is 0 Å². The molecule has 0 amide bonds. The minimum Gasteiger partial charge on any atom is -0.539 e. The standard InChI is InChI=1S/C17H12N2O3/c20-15(12-11-13-7-3-1-4-8-13)16-17(21)22-18-19(16)14-9-5-2-6-10-14/h1-12H/b12-11+. The summed E-state index contributed by atoms with van der Waals surface area (Å²) in [6, 6.07) is 18.2. The Labute approximate surface area is 126 Å². The van der Waals surface area contributed by atoms with Gasteiger partial charge >= 0.3 is 5.69 Å². The summed E-state index contributed by atoms with van der Waals surface area (Å²) in [5.41, 5.74) is 1.33. The van der Waals surface area contributed by atoms with Crippen molar-refractivity contribution in [3.05, 3.63) is 78.0 Å². The van der Waals surface area contributed by atoms with E-state index in [1.165, 1.54) is 10.8 Å². The maximum Gasteiger partial charge on any atom is 0.310 e. The van der Waals surface area contributed by atoms with E-state index in [1.54, 1.807) is 30.3 Å². The molecule has 0 bridgehead atoms. The summed E-state index contributed by atoms with van der Waals surface area (Å²) >= 11 is 0. The lowest BCUT2D eigenvalue weighted by molar-refractivity contribution is -0.672. The molecule has 3 aromatic rings. The van der Waals surface area contributed by atoms with Gasteiger partial charge in [-0.3, -0.25) is 4.79 Å². The Morgan fingerprint density at radius 2 is 1.68 bits per heavy atom. The van der Waals surface area contributed by atoms with Gasteiger partial charge in [0.1, 0.15) is 0 Å². The molecule has 108 valence electrons. The Kier molecular flexibility index (Phi) is 3.78. The molecule has 0 aliphatic rings. The molecule has 0 saturated heterocycles. The molecule has 1 aromatic heterocycles. The van der Waals surface area contributed by atoms with Crippen molar-refractivity contribution in [1.29, 1.82) is 0 Å². The molecule has 5 heteroatoms. The van der Waals surface area contributed by atoms with Crippen molar-refractivity contribution in [2.24, 2.45) is 0 Å². The van der Waals surface area contributed by atoms with E-state index in [1.807, 2.05) is 36.4 Å². The largest absolute Gasteiger partial charge is 0.539 e. The lowest BCUT2D eigenvalue weighted by atomic mass is 10.2. The highest BCUT2D eigenvalue weighted by atomic mass is 16.6. The van der Waals surface area contributed by atoms with Crippen molar-refractivity contribution < 1.29 is 19.1 Å². The van der Waals surface area contributed by atoms with E-state index in [2.05, 4.69) is 9.79 Å². The quantitative estimate of drug-likeness (QED) is 0.418. The van der Waals surface area contributed by atoms with Gasteiger partial charge in [0.15, 0.2) is 5.95 Å². The number of para-hydroxylation sites is 1. The highest BCUT2D eigenvalue weighted by Crippen LogP contribution is 2.12. The number of ketones is 1. The predicted molar refractivity (Wildman–Crippen MR) is 77.3 cm³/mol. The van der Waals surface area contributed by atoms with Crippen molar-refractivity contribution in [1.82, 2.24) is 5.27 Å². The number of carbonyl (C=O) groups excluding carboxylic acids is 1. The molecule has 0 fully saturated rings. The second kappa shape index (κ2) is 6.05. The summed E-state index contributed by atoms with van der Waals surface area (Å²) in [6.45, 7) is 0. The molecule has 0 saturated carbocycles. The Hall–Kier alpha value is -3.21. The number of allylic oxidation sites excluding steroid dienone is 1. The zero-order valence-electron chi connectivity index (χ0n) is 11.5. The maximum atomic E-state index is 12.3. The van der Waals surface area contributed by atoms with Gasteiger partial charge in [-0.15, -0.1) is 0 Å². The van der Waals surface area contributed by atoms with Crippen LogP contribution in [-0.2, 0) is 0 Å². The molecule has 3 rings (SSSR count). The van der Waals surface area contributed by atoms with Crippen LogP contribution in [0, 0.1) is 0 Å². The lowest BCUT2D eigenvalue weighted by Crippen LogP contribution is -2.38. The fourth-order valence-electron chi connectivity index (χ4n) is 2.01. The zero-order valence-corrected chi connectivity index (χ0v) is 11.5. The smallest absolute Gasteiger partial charge is 0.310 e. The lowest BCUT2D eigenvalue weighted by Gasteiger charge is -1.94. The molecule has 0 unspecified atom stereocenters. The van der Waals surface area contributed by atoms with Gasteiger partial charge in [0.25, 0.3) is 5.78 Å². The first-order chi connectivity index (χ1) is 10.8. The molecule has 0 aliphatic carbocycles. The van der Waals surface area contributed by atoms with Crippen LogP contribution in [0.4, 0.5) is 0 Å². The first-order valence-electron chi connectivity index (χ1n) is 6.67. The summed E-state index contributed by atoms with van der Waals surface area (Å²) in [5.74, 6) is -1.22. The molecule has 0 radical (unpaired) electrons. The number of benzene rings is 2. The third-order valence-corrected chi connectivity index (χ3v) is 3.07. The summed E-state index contributed by atoms with van der Waals surface area (Å²) < 4.78 is 5.83. The average Bonchev–Trinajstić information content (AvgIpc) is 2.96. The average molecular weight is 292 g/mol. The Bertz CT molecular complexity index is 808. The Balaban J connectivity index is 1.93. The van der Waals surface area contributed by atoms with Crippen LogP contribution < -0.4 is 9.79 Å². The molecule has 5 nitrogen and oxygen atoms in total. The second-order valence-electron chi connectivity index (χ2n) is 4.56. The maximum absolute atomic E-state index is 12.3. The first kappa shape index (κ1) is 13.8. The van der Waals surface area contributed by atoms with E-state index in [0.717, 1.165) is 5.56 Å². The van der Waals surface area contributed by atoms with Gasteiger partial charge in [-0.25, -0.2) is 0 Å². The van der Waals surface area contributed by atoms with E-state index < -0.39 is 11.7 Å².